The summed E-state index contributed by atoms with van der Waals surface area (Å²) in [7, 11) is 0. The third-order valence-electron chi connectivity index (χ3n) is 3.75. The zero-order valence-corrected chi connectivity index (χ0v) is 11.4. The highest BCUT2D eigenvalue weighted by Gasteiger charge is 2.17. The Hall–Kier alpha value is -1.15. The van der Waals surface area contributed by atoms with E-state index in [4.69, 9.17) is 4.74 Å². The maximum Gasteiger partial charge on any atom is 0.137 e. The Morgan fingerprint density at radius 2 is 2.00 bits per heavy atom. The second-order valence-corrected chi connectivity index (χ2v) is 5.41. The molecule has 0 amide bonds. The highest BCUT2D eigenvalue weighted by molar-refractivity contribution is 5.81. The van der Waals surface area contributed by atoms with Gasteiger partial charge in [0.1, 0.15) is 5.78 Å². The lowest BCUT2D eigenvalue weighted by Gasteiger charge is -2.21. The lowest BCUT2D eigenvalue weighted by molar-refractivity contribution is -0.120. The normalized spacial score (nSPS) is 16.8. The number of carbonyl (C=O) groups excluding carboxylic acids is 1. The molecule has 0 bridgehead atoms. The maximum absolute atomic E-state index is 12.1. The molecule has 1 aliphatic rings. The quantitative estimate of drug-likeness (QED) is 0.815. The van der Waals surface area contributed by atoms with Crippen molar-refractivity contribution in [1.82, 2.24) is 0 Å². The van der Waals surface area contributed by atoms with Gasteiger partial charge in [-0.15, -0.1) is 0 Å². The maximum atomic E-state index is 12.1. The standard InChI is InChI=1S/C16H22O2/c1-12-3-4-13(2)15(9-12)11-16(17)10-14-5-7-18-8-6-14/h3-4,9,14H,5-8,10-11H2,1-2H3. The summed E-state index contributed by atoms with van der Waals surface area (Å²) in [5, 5.41) is 0. The predicted octanol–water partition coefficient (Wildman–Crippen LogP) is 3.23. The van der Waals surface area contributed by atoms with Crippen LogP contribution in [0.1, 0.15) is 36.0 Å². The van der Waals surface area contributed by atoms with Crippen LogP contribution >= 0.6 is 0 Å². The number of Topliss-reactive ketones (excluding diaryl/α,β-unsaturated/α-hetero) is 1. The van der Waals surface area contributed by atoms with Gasteiger partial charge in [-0.25, -0.2) is 0 Å². The summed E-state index contributed by atoms with van der Waals surface area (Å²) in [6, 6.07) is 6.34. The van der Waals surface area contributed by atoms with Crippen LogP contribution in [-0.4, -0.2) is 19.0 Å². The summed E-state index contributed by atoms with van der Waals surface area (Å²) < 4.78 is 5.32. The van der Waals surface area contributed by atoms with E-state index in [2.05, 4.69) is 32.0 Å². The van der Waals surface area contributed by atoms with Gasteiger partial charge in [0, 0.05) is 26.1 Å². The van der Waals surface area contributed by atoms with Crippen molar-refractivity contribution in [3.8, 4) is 0 Å². The van der Waals surface area contributed by atoms with E-state index < -0.39 is 0 Å². The Morgan fingerprint density at radius 1 is 1.28 bits per heavy atom. The number of rotatable bonds is 4. The van der Waals surface area contributed by atoms with Gasteiger partial charge < -0.3 is 4.74 Å². The second-order valence-electron chi connectivity index (χ2n) is 5.41. The molecule has 2 nitrogen and oxygen atoms in total. The number of ketones is 1. The molecule has 1 fully saturated rings. The SMILES string of the molecule is Cc1ccc(C)c(CC(=O)CC2CCOCC2)c1. The molecule has 1 aliphatic heterocycles. The van der Waals surface area contributed by atoms with Gasteiger partial charge in [0.15, 0.2) is 0 Å². The molecular formula is C16H22O2. The largest absolute Gasteiger partial charge is 0.381 e. The smallest absolute Gasteiger partial charge is 0.137 e. The molecule has 0 saturated carbocycles. The molecule has 2 heteroatoms. The summed E-state index contributed by atoms with van der Waals surface area (Å²) in [6.07, 6.45) is 3.39. The first-order chi connectivity index (χ1) is 8.65. The molecule has 0 aliphatic carbocycles. The lowest BCUT2D eigenvalue weighted by atomic mass is 9.91. The minimum atomic E-state index is 0.371. The van der Waals surface area contributed by atoms with Crippen molar-refractivity contribution in [2.45, 2.75) is 39.5 Å². The van der Waals surface area contributed by atoms with Crippen molar-refractivity contribution >= 4 is 5.78 Å². The van der Waals surface area contributed by atoms with E-state index in [1.807, 2.05) is 0 Å². The molecule has 0 spiro atoms. The molecule has 0 aromatic heterocycles. The third kappa shape index (κ3) is 3.67. The number of hydrogen-bond acceptors (Lipinski definition) is 2. The van der Waals surface area contributed by atoms with Crippen molar-refractivity contribution in [1.29, 1.82) is 0 Å². The summed E-state index contributed by atoms with van der Waals surface area (Å²) >= 11 is 0. The Bertz CT molecular complexity index is 417. The van der Waals surface area contributed by atoms with E-state index in [0.29, 0.717) is 18.1 Å². The van der Waals surface area contributed by atoms with Crippen LogP contribution in [0.5, 0.6) is 0 Å². The molecule has 2 rings (SSSR count). The summed E-state index contributed by atoms with van der Waals surface area (Å²) in [4.78, 5) is 12.1. The first-order valence-electron chi connectivity index (χ1n) is 6.80. The zero-order chi connectivity index (χ0) is 13.0. The monoisotopic (exact) mass is 246 g/mol. The summed E-state index contributed by atoms with van der Waals surface area (Å²) in [5.41, 5.74) is 3.64. The molecule has 1 aromatic carbocycles. The van der Waals surface area contributed by atoms with Gasteiger partial charge in [0.25, 0.3) is 0 Å². The van der Waals surface area contributed by atoms with E-state index in [1.165, 1.54) is 16.7 Å². The zero-order valence-electron chi connectivity index (χ0n) is 11.4. The topological polar surface area (TPSA) is 26.3 Å². The van der Waals surface area contributed by atoms with Gasteiger partial charge in [0.05, 0.1) is 0 Å². The molecule has 1 saturated heterocycles. The third-order valence-corrected chi connectivity index (χ3v) is 3.75. The average Bonchev–Trinajstić information content (AvgIpc) is 2.35. The number of ether oxygens (including phenoxy) is 1. The van der Waals surface area contributed by atoms with Crippen LogP contribution in [0.2, 0.25) is 0 Å². The van der Waals surface area contributed by atoms with Crippen molar-refractivity contribution in [2.24, 2.45) is 5.92 Å². The van der Waals surface area contributed by atoms with Crippen molar-refractivity contribution in [2.75, 3.05) is 13.2 Å². The molecule has 0 unspecified atom stereocenters. The van der Waals surface area contributed by atoms with Gasteiger partial charge in [0.2, 0.25) is 0 Å². The van der Waals surface area contributed by atoms with Crippen LogP contribution in [0.25, 0.3) is 0 Å². The van der Waals surface area contributed by atoms with Crippen LogP contribution in [0.4, 0.5) is 0 Å². The number of aryl methyl sites for hydroxylation is 2. The lowest BCUT2D eigenvalue weighted by Crippen LogP contribution is -2.19. The van der Waals surface area contributed by atoms with Crippen LogP contribution in [-0.2, 0) is 16.0 Å². The molecule has 1 aromatic rings. The molecular weight excluding hydrogens is 224 g/mol. The van der Waals surface area contributed by atoms with E-state index in [0.717, 1.165) is 32.5 Å². The fourth-order valence-electron chi connectivity index (χ4n) is 2.55. The number of benzene rings is 1. The number of carbonyl (C=O) groups is 1. The van der Waals surface area contributed by atoms with E-state index in [9.17, 15) is 4.79 Å². The molecule has 0 radical (unpaired) electrons. The molecule has 0 N–H and O–H groups in total. The molecule has 98 valence electrons. The highest BCUT2D eigenvalue weighted by Crippen LogP contribution is 2.20. The van der Waals surface area contributed by atoms with Gasteiger partial charge in [-0.1, -0.05) is 23.8 Å². The fraction of sp³-hybridized carbons (Fsp3) is 0.562. The van der Waals surface area contributed by atoms with E-state index >= 15 is 0 Å². The Labute approximate surface area is 109 Å². The molecule has 18 heavy (non-hydrogen) atoms. The van der Waals surface area contributed by atoms with E-state index in [1.54, 1.807) is 0 Å². The summed E-state index contributed by atoms with van der Waals surface area (Å²) in [5.74, 6) is 0.909. The van der Waals surface area contributed by atoms with Crippen LogP contribution in [0, 0.1) is 19.8 Å². The first-order valence-corrected chi connectivity index (χ1v) is 6.80. The van der Waals surface area contributed by atoms with Gasteiger partial charge in [-0.2, -0.15) is 0 Å². The first kappa shape index (κ1) is 13.3. The minimum Gasteiger partial charge on any atom is -0.381 e. The van der Waals surface area contributed by atoms with Crippen LogP contribution < -0.4 is 0 Å². The van der Waals surface area contributed by atoms with Crippen LogP contribution in [0.3, 0.4) is 0 Å². The average molecular weight is 246 g/mol. The van der Waals surface area contributed by atoms with Gasteiger partial charge in [-0.3, -0.25) is 4.79 Å². The van der Waals surface area contributed by atoms with Crippen molar-refractivity contribution < 1.29 is 9.53 Å². The highest BCUT2D eigenvalue weighted by atomic mass is 16.5. The second kappa shape index (κ2) is 6.14. The van der Waals surface area contributed by atoms with Crippen molar-refractivity contribution in [3.63, 3.8) is 0 Å². The van der Waals surface area contributed by atoms with Crippen molar-refractivity contribution in [3.05, 3.63) is 34.9 Å². The van der Waals surface area contributed by atoms with Gasteiger partial charge >= 0.3 is 0 Å². The fourth-order valence-corrected chi connectivity index (χ4v) is 2.55. The Balaban J connectivity index is 1.92. The van der Waals surface area contributed by atoms with E-state index in [-0.39, 0.29) is 0 Å². The predicted molar refractivity (Wildman–Crippen MR) is 72.8 cm³/mol. The van der Waals surface area contributed by atoms with Gasteiger partial charge in [-0.05, 0) is 43.7 Å². The Morgan fingerprint density at radius 3 is 2.72 bits per heavy atom. The Kier molecular flexibility index (Phi) is 4.54. The number of hydrogen-bond donors (Lipinski definition) is 0. The summed E-state index contributed by atoms with van der Waals surface area (Å²) in [6.45, 7) is 5.80. The molecule has 1 heterocycles. The van der Waals surface area contributed by atoms with Crippen LogP contribution in [0.15, 0.2) is 18.2 Å². The molecule has 0 atom stereocenters. The minimum absolute atomic E-state index is 0.371.